The number of para-hydroxylation sites is 2. The third-order valence-electron chi connectivity index (χ3n) is 3.03. The van der Waals surface area contributed by atoms with Gasteiger partial charge >= 0.3 is 0 Å². The van der Waals surface area contributed by atoms with E-state index in [0.717, 1.165) is 21.9 Å². The van der Waals surface area contributed by atoms with Gasteiger partial charge in [0.05, 0.1) is 5.03 Å². The number of benzene rings is 2. The Balaban J connectivity index is 1.94. The lowest BCUT2D eigenvalue weighted by Gasteiger charge is -2.16. The number of rotatable bonds is 2. The summed E-state index contributed by atoms with van der Waals surface area (Å²) < 4.78 is 0. The summed E-state index contributed by atoms with van der Waals surface area (Å²) in [7, 11) is 0. The largest absolute Gasteiger partial charge is 0.506 e. The van der Waals surface area contributed by atoms with Crippen LogP contribution < -0.4 is 0 Å². The predicted octanol–water partition coefficient (Wildman–Crippen LogP) is 4.85. The second-order valence-corrected chi connectivity index (χ2v) is 5.77. The average Bonchev–Trinajstić information content (AvgIpc) is 2.48. The van der Waals surface area contributed by atoms with Gasteiger partial charge in [0.1, 0.15) is 11.4 Å². The van der Waals surface area contributed by atoms with Gasteiger partial charge in [0.2, 0.25) is 0 Å². The number of phenols is 1. The van der Waals surface area contributed by atoms with Gasteiger partial charge in [-0.1, -0.05) is 41.9 Å². The van der Waals surface area contributed by atoms with E-state index in [1.807, 2.05) is 24.3 Å². The molecule has 2 aromatic carbocycles. The van der Waals surface area contributed by atoms with Crippen molar-refractivity contribution in [2.24, 2.45) is 4.99 Å². The Morgan fingerprint density at radius 3 is 2.70 bits per heavy atom. The van der Waals surface area contributed by atoms with Crippen molar-refractivity contribution in [1.29, 1.82) is 0 Å². The highest BCUT2D eigenvalue weighted by atomic mass is 35.5. The van der Waals surface area contributed by atoms with E-state index >= 15 is 0 Å². The summed E-state index contributed by atoms with van der Waals surface area (Å²) >= 11 is 8.18. The number of halogens is 1. The number of hydrogen-bond donors (Lipinski definition) is 1. The lowest BCUT2D eigenvalue weighted by Crippen LogP contribution is -2.00. The van der Waals surface area contributed by atoms with Crippen molar-refractivity contribution in [3.8, 4) is 5.75 Å². The maximum Gasteiger partial charge on any atom is 0.141 e. The van der Waals surface area contributed by atoms with Gasteiger partial charge in [0, 0.05) is 22.4 Å². The van der Waals surface area contributed by atoms with Gasteiger partial charge in [-0.05, 0) is 23.8 Å². The van der Waals surface area contributed by atoms with E-state index < -0.39 is 0 Å². The first kappa shape index (κ1) is 13.3. The molecular formula is C16H12ClNOS. The van der Waals surface area contributed by atoms with Gasteiger partial charge in [-0.3, -0.25) is 4.99 Å². The topological polar surface area (TPSA) is 32.6 Å². The van der Waals surface area contributed by atoms with Crippen LogP contribution in [0.15, 0.2) is 64.0 Å². The molecular weight excluding hydrogens is 290 g/mol. The molecule has 0 aromatic heterocycles. The number of phenolic OH excluding ortho intramolecular Hbond substituents is 1. The van der Waals surface area contributed by atoms with E-state index in [-0.39, 0.29) is 5.75 Å². The van der Waals surface area contributed by atoms with Crippen LogP contribution in [-0.2, 0) is 0 Å². The third kappa shape index (κ3) is 2.60. The zero-order valence-corrected chi connectivity index (χ0v) is 12.2. The van der Waals surface area contributed by atoms with Gasteiger partial charge < -0.3 is 5.11 Å². The van der Waals surface area contributed by atoms with Crippen LogP contribution in [0.25, 0.3) is 5.03 Å². The van der Waals surface area contributed by atoms with Crippen molar-refractivity contribution >= 4 is 40.3 Å². The fraction of sp³-hybridized carbons (Fsp3) is 0.0625. The van der Waals surface area contributed by atoms with E-state index in [1.165, 1.54) is 4.90 Å². The molecule has 20 heavy (non-hydrogen) atoms. The number of aromatic hydroxyl groups is 1. The predicted molar refractivity (Wildman–Crippen MR) is 86.2 cm³/mol. The summed E-state index contributed by atoms with van der Waals surface area (Å²) in [4.78, 5) is 5.51. The molecule has 0 aliphatic carbocycles. The van der Waals surface area contributed by atoms with Crippen LogP contribution in [0.4, 0.5) is 5.69 Å². The Hall–Kier alpha value is -1.71. The van der Waals surface area contributed by atoms with Crippen molar-refractivity contribution in [3.05, 3.63) is 59.7 Å². The summed E-state index contributed by atoms with van der Waals surface area (Å²) in [5.41, 5.74) is 2.57. The average molecular weight is 302 g/mol. The smallest absolute Gasteiger partial charge is 0.141 e. The molecule has 0 amide bonds. The zero-order valence-electron chi connectivity index (χ0n) is 10.6. The molecule has 2 aromatic rings. The minimum Gasteiger partial charge on any atom is -0.506 e. The maximum absolute atomic E-state index is 9.70. The molecule has 0 spiro atoms. The molecule has 1 aliphatic heterocycles. The lowest BCUT2D eigenvalue weighted by molar-refractivity contribution is 0.477. The fourth-order valence-corrected chi connectivity index (χ4v) is 3.43. The van der Waals surface area contributed by atoms with E-state index in [2.05, 4.69) is 11.1 Å². The summed E-state index contributed by atoms with van der Waals surface area (Å²) in [5, 5.41) is 10.4. The molecule has 0 saturated heterocycles. The van der Waals surface area contributed by atoms with Crippen molar-refractivity contribution in [2.75, 3.05) is 5.75 Å². The molecule has 0 saturated carbocycles. The monoisotopic (exact) mass is 301 g/mol. The van der Waals surface area contributed by atoms with Crippen LogP contribution in [0.2, 0.25) is 0 Å². The minimum atomic E-state index is 0.171. The van der Waals surface area contributed by atoms with Crippen LogP contribution in [0.3, 0.4) is 0 Å². The first-order chi connectivity index (χ1) is 9.75. The van der Waals surface area contributed by atoms with Crippen LogP contribution in [-0.4, -0.2) is 17.1 Å². The lowest BCUT2D eigenvalue weighted by atomic mass is 10.1. The summed E-state index contributed by atoms with van der Waals surface area (Å²) in [5.74, 6) is 0.955. The van der Waals surface area contributed by atoms with Gasteiger partial charge in [0.25, 0.3) is 0 Å². The van der Waals surface area contributed by atoms with E-state index in [9.17, 15) is 5.11 Å². The number of nitrogens with zero attached hydrogens (tertiary/aromatic N) is 1. The molecule has 100 valence electrons. The second kappa shape index (κ2) is 5.73. The fourth-order valence-electron chi connectivity index (χ4n) is 1.98. The first-order valence-electron chi connectivity index (χ1n) is 6.18. The normalized spacial score (nSPS) is 14.7. The number of aliphatic imine (C=N–C) groups is 1. The maximum atomic E-state index is 9.70. The Labute approximate surface area is 126 Å². The molecule has 1 aliphatic rings. The van der Waals surface area contributed by atoms with Crippen LogP contribution in [0, 0.1) is 0 Å². The van der Waals surface area contributed by atoms with Gasteiger partial charge in [-0.25, -0.2) is 0 Å². The van der Waals surface area contributed by atoms with E-state index in [0.29, 0.717) is 5.69 Å². The molecule has 0 atom stereocenters. The highest BCUT2D eigenvalue weighted by Crippen LogP contribution is 2.38. The van der Waals surface area contributed by atoms with Crippen molar-refractivity contribution in [1.82, 2.24) is 0 Å². The third-order valence-corrected chi connectivity index (χ3v) is 4.60. The molecule has 1 heterocycles. The van der Waals surface area contributed by atoms with Gasteiger partial charge in [-0.2, -0.15) is 0 Å². The molecule has 3 rings (SSSR count). The summed E-state index contributed by atoms with van der Waals surface area (Å²) in [6.07, 6.45) is 1.74. The van der Waals surface area contributed by atoms with Crippen LogP contribution >= 0.6 is 23.4 Å². The van der Waals surface area contributed by atoms with Crippen molar-refractivity contribution in [3.63, 3.8) is 0 Å². The summed E-state index contributed by atoms with van der Waals surface area (Å²) in [6.45, 7) is 0. The van der Waals surface area contributed by atoms with Crippen LogP contribution in [0.1, 0.15) is 5.56 Å². The van der Waals surface area contributed by atoms with E-state index in [4.69, 9.17) is 11.6 Å². The van der Waals surface area contributed by atoms with Gasteiger partial charge in [-0.15, -0.1) is 11.8 Å². The van der Waals surface area contributed by atoms with Crippen molar-refractivity contribution in [2.45, 2.75) is 4.90 Å². The number of thioether (sulfide) groups is 1. The molecule has 2 nitrogen and oxygen atoms in total. The molecule has 0 bridgehead atoms. The Morgan fingerprint density at radius 1 is 1.10 bits per heavy atom. The molecule has 4 heteroatoms. The SMILES string of the molecule is Oc1ccccc1N=CC1=C(Cl)c2ccccc2SC1. The molecule has 0 radical (unpaired) electrons. The quantitative estimate of drug-likeness (QED) is 0.804. The number of fused-ring (bicyclic) bond motifs is 1. The highest BCUT2D eigenvalue weighted by Gasteiger charge is 2.16. The number of hydrogen-bond acceptors (Lipinski definition) is 3. The standard InChI is InChI=1S/C16H12ClNOS/c17-16-11(9-18-13-6-2-3-7-14(13)19)10-20-15-8-4-1-5-12(15)16/h1-9,19H,10H2. The molecule has 0 fully saturated rings. The molecule has 0 unspecified atom stereocenters. The second-order valence-electron chi connectivity index (χ2n) is 4.37. The summed E-state index contributed by atoms with van der Waals surface area (Å²) in [6, 6.07) is 15.1. The Morgan fingerprint density at radius 2 is 1.85 bits per heavy atom. The zero-order chi connectivity index (χ0) is 13.9. The minimum absolute atomic E-state index is 0.171. The van der Waals surface area contributed by atoms with Crippen LogP contribution in [0.5, 0.6) is 5.75 Å². The molecule has 1 N–H and O–H groups in total. The van der Waals surface area contributed by atoms with E-state index in [1.54, 1.807) is 36.2 Å². The Kier molecular flexibility index (Phi) is 3.81. The Bertz CT molecular complexity index is 709. The highest BCUT2D eigenvalue weighted by molar-refractivity contribution is 7.99. The van der Waals surface area contributed by atoms with Gasteiger partial charge in [0.15, 0.2) is 0 Å². The van der Waals surface area contributed by atoms with Crippen molar-refractivity contribution < 1.29 is 5.11 Å². The first-order valence-corrected chi connectivity index (χ1v) is 7.55.